The molecule has 2 aromatic rings. The molecule has 0 radical (unpaired) electrons. The van der Waals surface area contributed by atoms with Gasteiger partial charge >= 0.3 is 0 Å². The summed E-state index contributed by atoms with van der Waals surface area (Å²) in [6, 6.07) is 5.80. The Hall–Kier alpha value is -1.91. The van der Waals surface area contributed by atoms with Crippen LogP contribution < -0.4 is 4.74 Å². The Balaban J connectivity index is 2.48. The summed E-state index contributed by atoms with van der Waals surface area (Å²) < 4.78 is 19.3. The van der Waals surface area contributed by atoms with Crippen LogP contribution in [0.5, 0.6) is 5.75 Å². The lowest BCUT2D eigenvalue weighted by Gasteiger charge is -2.08. The molecule has 0 fully saturated rings. The Kier molecular flexibility index (Phi) is 3.60. The van der Waals surface area contributed by atoms with E-state index in [-0.39, 0.29) is 6.54 Å². The van der Waals surface area contributed by atoms with Gasteiger partial charge in [-0.15, -0.1) is 0 Å². The number of halogens is 1. The Labute approximate surface area is 105 Å². The van der Waals surface area contributed by atoms with Crippen LogP contribution in [-0.4, -0.2) is 28.5 Å². The zero-order chi connectivity index (χ0) is 13.1. The number of aromatic nitrogens is 3. The van der Waals surface area contributed by atoms with Gasteiger partial charge in [-0.05, 0) is 25.5 Å². The van der Waals surface area contributed by atoms with E-state index in [1.165, 1.54) is 0 Å². The largest absolute Gasteiger partial charge is 0.496 e. The zero-order valence-corrected chi connectivity index (χ0v) is 10.8. The van der Waals surface area contributed by atoms with Crippen molar-refractivity contribution in [2.75, 3.05) is 13.8 Å². The van der Waals surface area contributed by atoms with Gasteiger partial charge in [0, 0.05) is 0 Å². The van der Waals surface area contributed by atoms with E-state index >= 15 is 0 Å². The van der Waals surface area contributed by atoms with Crippen LogP contribution in [0, 0.1) is 13.8 Å². The topological polar surface area (TPSA) is 39.9 Å². The predicted molar refractivity (Wildman–Crippen MR) is 67.5 cm³/mol. The fourth-order valence-electron chi connectivity index (χ4n) is 1.93. The van der Waals surface area contributed by atoms with Gasteiger partial charge < -0.3 is 4.74 Å². The van der Waals surface area contributed by atoms with Crippen molar-refractivity contribution in [2.24, 2.45) is 0 Å². The normalized spacial score (nSPS) is 10.7. The lowest BCUT2D eigenvalue weighted by molar-refractivity contribution is 0.412. The molecule has 0 spiro atoms. The number of benzene rings is 1. The molecule has 0 aliphatic rings. The van der Waals surface area contributed by atoms with Crippen LogP contribution in [-0.2, 0) is 6.54 Å². The van der Waals surface area contributed by atoms with E-state index < -0.39 is 6.67 Å². The second-order valence-electron chi connectivity index (χ2n) is 4.05. The third-order valence-corrected chi connectivity index (χ3v) is 2.81. The Morgan fingerprint density at radius 1 is 1.33 bits per heavy atom. The summed E-state index contributed by atoms with van der Waals surface area (Å²) in [5.74, 6) is 2.03. The average molecular weight is 249 g/mol. The maximum absolute atomic E-state index is 12.4. The molecule has 0 unspecified atom stereocenters. The second kappa shape index (κ2) is 5.16. The van der Waals surface area contributed by atoms with Crippen LogP contribution in [0.15, 0.2) is 18.2 Å². The fourth-order valence-corrected chi connectivity index (χ4v) is 1.93. The minimum absolute atomic E-state index is 0.229. The van der Waals surface area contributed by atoms with Gasteiger partial charge in [-0.3, -0.25) is 0 Å². The molecule has 4 nitrogen and oxygen atoms in total. The van der Waals surface area contributed by atoms with Gasteiger partial charge in [0.05, 0.1) is 19.2 Å². The SMILES string of the molecule is COc1c(C)cccc1-c1nc(C)n(CCF)n1. The number of nitrogens with zero attached hydrogens (tertiary/aromatic N) is 3. The number of rotatable bonds is 4. The summed E-state index contributed by atoms with van der Waals surface area (Å²) in [6.45, 7) is 3.56. The highest BCUT2D eigenvalue weighted by Crippen LogP contribution is 2.30. The molecule has 0 aliphatic carbocycles. The summed E-state index contributed by atoms with van der Waals surface area (Å²) >= 11 is 0. The van der Waals surface area contributed by atoms with Crippen molar-refractivity contribution in [3.05, 3.63) is 29.6 Å². The molecule has 1 aromatic heterocycles. The molecule has 0 amide bonds. The van der Waals surface area contributed by atoms with Crippen LogP contribution >= 0.6 is 0 Å². The fraction of sp³-hybridized carbons (Fsp3) is 0.385. The summed E-state index contributed by atoms with van der Waals surface area (Å²) in [6.07, 6.45) is 0. The first-order valence-corrected chi connectivity index (χ1v) is 5.78. The Morgan fingerprint density at radius 2 is 2.11 bits per heavy atom. The van der Waals surface area contributed by atoms with E-state index in [2.05, 4.69) is 10.1 Å². The van der Waals surface area contributed by atoms with Crippen molar-refractivity contribution in [1.82, 2.24) is 14.8 Å². The molecule has 96 valence electrons. The monoisotopic (exact) mass is 249 g/mol. The molecule has 18 heavy (non-hydrogen) atoms. The van der Waals surface area contributed by atoms with Gasteiger partial charge in [0.2, 0.25) is 0 Å². The van der Waals surface area contributed by atoms with Crippen molar-refractivity contribution in [3.63, 3.8) is 0 Å². The van der Waals surface area contributed by atoms with Gasteiger partial charge in [-0.1, -0.05) is 12.1 Å². The van der Waals surface area contributed by atoms with E-state index in [9.17, 15) is 4.39 Å². The maximum atomic E-state index is 12.4. The molecule has 0 aliphatic heterocycles. The van der Waals surface area contributed by atoms with Crippen LogP contribution in [0.25, 0.3) is 11.4 Å². The zero-order valence-electron chi connectivity index (χ0n) is 10.8. The number of methoxy groups -OCH3 is 1. The van der Waals surface area contributed by atoms with Gasteiger partial charge in [-0.2, -0.15) is 5.10 Å². The van der Waals surface area contributed by atoms with Crippen molar-refractivity contribution in [3.8, 4) is 17.1 Å². The average Bonchev–Trinajstić information content (AvgIpc) is 2.71. The van der Waals surface area contributed by atoms with Gasteiger partial charge in [0.15, 0.2) is 5.82 Å². The molecule has 0 atom stereocenters. The number of ether oxygens (including phenoxy) is 1. The number of aryl methyl sites for hydroxylation is 3. The number of hydrogen-bond donors (Lipinski definition) is 0. The van der Waals surface area contributed by atoms with Crippen LogP contribution in [0.2, 0.25) is 0 Å². The van der Waals surface area contributed by atoms with Crippen molar-refractivity contribution < 1.29 is 9.13 Å². The highest BCUT2D eigenvalue weighted by atomic mass is 19.1. The summed E-state index contributed by atoms with van der Waals surface area (Å²) in [5, 5.41) is 4.31. The predicted octanol–water partition coefficient (Wildman–Crippen LogP) is 2.54. The minimum Gasteiger partial charge on any atom is -0.496 e. The molecule has 0 saturated heterocycles. The lowest BCUT2D eigenvalue weighted by atomic mass is 10.1. The first-order valence-electron chi connectivity index (χ1n) is 5.78. The summed E-state index contributed by atoms with van der Waals surface area (Å²) in [5.41, 5.74) is 1.85. The molecule has 0 saturated carbocycles. The molecule has 5 heteroatoms. The van der Waals surface area contributed by atoms with Gasteiger partial charge in [0.1, 0.15) is 18.2 Å². The molecule has 0 N–H and O–H groups in total. The first-order chi connectivity index (χ1) is 8.67. The molecule has 2 rings (SSSR count). The molecular weight excluding hydrogens is 233 g/mol. The Morgan fingerprint density at radius 3 is 2.78 bits per heavy atom. The standard InChI is InChI=1S/C13H16FN3O/c1-9-5-4-6-11(12(9)18-3)13-15-10(2)17(16-13)8-7-14/h4-6H,7-8H2,1-3H3. The van der Waals surface area contributed by atoms with Gasteiger partial charge in [-0.25, -0.2) is 14.1 Å². The molecule has 0 bridgehead atoms. The Bertz CT molecular complexity index is 551. The van der Waals surface area contributed by atoms with Crippen LogP contribution in [0.4, 0.5) is 4.39 Å². The summed E-state index contributed by atoms with van der Waals surface area (Å²) in [7, 11) is 1.62. The minimum atomic E-state index is -0.450. The third-order valence-electron chi connectivity index (χ3n) is 2.81. The molecule has 1 heterocycles. The van der Waals surface area contributed by atoms with Crippen molar-refractivity contribution in [1.29, 1.82) is 0 Å². The van der Waals surface area contributed by atoms with E-state index in [1.54, 1.807) is 11.8 Å². The summed E-state index contributed by atoms with van der Waals surface area (Å²) in [4.78, 5) is 4.35. The van der Waals surface area contributed by atoms with E-state index in [0.717, 1.165) is 16.9 Å². The maximum Gasteiger partial charge on any atom is 0.185 e. The van der Waals surface area contributed by atoms with E-state index in [4.69, 9.17) is 4.74 Å². The van der Waals surface area contributed by atoms with E-state index in [1.807, 2.05) is 32.0 Å². The van der Waals surface area contributed by atoms with E-state index in [0.29, 0.717) is 11.6 Å². The lowest BCUT2D eigenvalue weighted by Crippen LogP contribution is -2.03. The second-order valence-corrected chi connectivity index (χ2v) is 4.05. The highest BCUT2D eigenvalue weighted by molar-refractivity contribution is 5.66. The van der Waals surface area contributed by atoms with Crippen molar-refractivity contribution in [2.45, 2.75) is 20.4 Å². The first kappa shape index (κ1) is 12.5. The number of para-hydroxylation sites is 1. The van der Waals surface area contributed by atoms with Crippen molar-refractivity contribution >= 4 is 0 Å². The van der Waals surface area contributed by atoms with Gasteiger partial charge in [0.25, 0.3) is 0 Å². The quantitative estimate of drug-likeness (QED) is 0.836. The highest BCUT2D eigenvalue weighted by Gasteiger charge is 2.14. The molecular formula is C13H16FN3O. The van der Waals surface area contributed by atoms with Crippen LogP contribution in [0.3, 0.4) is 0 Å². The third kappa shape index (κ3) is 2.20. The van der Waals surface area contributed by atoms with Crippen LogP contribution in [0.1, 0.15) is 11.4 Å². The smallest absolute Gasteiger partial charge is 0.185 e. The number of alkyl halides is 1. The number of hydrogen-bond acceptors (Lipinski definition) is 3. The molecule has 1 aromatic carbocycles.